The van der Waals surface area contributed by atoms with Crippen LogP contribution in [0.3, 0.4) is 0 Å². The number of hydrogen-bond donors (Lipinski definition) is 1. The highest BCUT2D eigenvalue weighted by Gasteiger charge is 2.26. The lowest BCUT2D eigenvalue weighted by Gasteiger charge is -2.33. The molecule has 0 saturated carbocycles. The van der Waals surface area contributed by atoms with Crippen LogP contribution in [0.5, 0.6) is 0 Å². The zero-order valence-electron chi connectivity index (χ0n) is 14.6. The second kappa shape index (κ2) is 8.45. The molecule has 1 fully saturated rings. The number of piperidine rings is 1. The third-order valence-corrected chi connectivity index (χ3v) is 5.74. The summed E-state index contributed by atoms with van der Waals surface area (Å²) in [5, 5.41) is 1.99. The lowest BCUT2D eigenvalue weighted by atomic mass is 9.92. The van der Waals surface area contributed by atoms with Crippen LogP contribution in [0, 0.1) is 5.92 Å². The smallest absolute Gasteiger partial charge is 0.410 e. The van der Waals surface area contributed by atoms with Crippen molar-refractivity contribution in [3.63, 3.8) is 0 Å². The number of ether oxygens (including phenoxy) is 1. The number of likely N-dealkylation sites (tertiary alicyclic amines) is 1. The van der Waals surface area contributed by atoms with E-state index >= 15 is 0 Å². The Balaban J connectivity index is 1.77. The Morgan fingerprint density at radius 2 is 2.08 bits per heavy atom. The van der Waals surface area contributed by atoms with Gasteiger partial charge in [-0.05, 0) is 69.4 Å². The summed E-state index contributed by atoms with van der Waals surface area (Å²) in [6.07, 6.45) is 3.78. The van der Waals surface area contributed by atoms with Crippen LogP contribution in [0.15, 0.2) is 11.4 Å². The molecular weight excluding hydrogens is 346 g/mol. The lowest BCUT2D eigenvalue weighted by Crippen LogP contribution is -2.41. The van der Waals surface area contributed by atoms with Gasteiger partial charge >= 0.3 is 6.09 Å². The van der Waals surface area contributed by atoms with Crippen molar-refractivity contribution < 1.29 is 18.3 Å². The van der Waals surface area contributed by atoms with Gasteiger partial charge in [0.1, 0.15) is 5.60 Å². The number of carbonyl (C=O) groups is 1. The zero-order valence-corrected chi connectivity index (χ0v) is 16.3. The monoisotopic (exact) mass is 373 g/mol. The molecule has 0 radical (unpaired) electrons. The molecular formula is C17H27NO4S2. The van der Waals surface area contributed by atoms with Crippen molar-refractivity contribution in [3.05, 3.63) is 21.9 Å². The first-order valence-corrected chi connectivity index (χ1v) is 10.5. The van der Waals surface area contributed by atoms with Gasteiger partial charge in [-0.2, -0.15) is 0 Å². The van der Waals surface area contributed by atoms with Crippen LogP contribution in [-0.4, -0.2) is 38.4 Å². The van der Waals surface area contributed by atoms with Crippen molar-refractivity contribution in [3.8, 4) is 0 Å². The Labute approximate surface area is 150 Å². The Hall–Kier alpha value is -0.920. The molecule has 0 aliphatic carbocycles. The number of nitrogens with zero attached hydrogens (tertiary/aromatic N) is 1. The van der Waals surface area contributed by atoms with Gasteiger partial charge in [0.15, 0.2) is 11.1 Å². The maximum atomic E-state index is 12.1. The average molecular weight is 374 g/mol. The third kappa shape index (κ3) is 6.18. The zero-order chi connectivity index (χ0) is 17.7. The molecule has 5 nitrogen and oxygen atoms in total. The normalized spacial score (nSPS) is 17.8. The number of amides is 1. The van der Waals surface area contributed by atoms with Crippen molar-refractivity contribution in [1.82, 2.24) is 4.90 Å². The van der Waals surface area contributed by atoms with Gasteiger partial charge in [-0.3, -0.25) is 0 Å². The van der Waals surface area contributed by atoms with E-state index in [2.05, 4.69) is 0 Å². The minimum absolute atomic E-state index is 0.216. The van der Waals surface area contributed by atoms with E-state index in [4.69, 9.17) is 9.29 Å². The topological polar surface area (TPSA) is 66.8 Å². The Morgan fingerprint density at radius 1 is 1.42 bits per heavy atom. The van der Waals surface area contributed by atoms with Gasteiger partial charge in [0.2, 0.25) is 0 Å². The van der Waals surface area contributed by atoms with Crippen LogP contribution >= 0.6 is 11.3 Å². The highest BCUT2D eigenvalue weighted by molar-refractivity contribution is 7.78. The average Bonchev–Trinajstić information content (AvgIpc) is 2.90. The second-order valence-electron chi connectivity index (χ2n) is 7.28. The van der Waals surface area contributed by atoms with Gasteiger partial charge in [0.05, 0.1) is 5.75 Å². The lowest BCUT2D eigenvalue weighted by molar-refractivity contribution is 0.0181. The van der Waals surface area contributed by atoms with Gasteiger partial charge in [0.25, 0.3) is 0 Å². The molecule has 0 spiro atoms. The van der Waals surface area contributed by atoms with E-state index in [1.165, 1.54) is 4.88 Å². The molecule has 1 aromatic heterocycles. The molecule has 1 atom stereocenters. The molecule has 1 amide bonds. The predicted molar refractivity (Wildman–Crippen MR) is 97.6 cm³/mol. The SMILES string of the molecule is CC(C)(C)OC(=O)N1CCC(CCc2sccc2CS(=O)O)CC1. The number of rotatable bonds is 5. The number of aryl methyl sites for hydroxylation is 1. The van der Waals surface area contributed by atoms with Gasteiger partial charge < -0.3 is 14.2 Å². The van der Waals surface area contributed by atoms with Gasteiger partial charge in [0, 0.05) is 18.0 Å². The van der Waals surface area contributed by atoms with Gasteiger partial charge in [-0.1, -0.05) is 0 Å². The standard InChI is InChI=1S/C17H27NO4S2/c1-17(2,3)22-16(19)18-9-6-13(7-10-18)4-5-15-14(8-11-23-15)12-24(20)21/h8,11,13H,4-7,9-10,12H2,1-3H3,(H,20,21). The first-order valence-electron chi connectivity index (χ1n) is 8.35. The predicted octanol–water partition coefficient (Wildman–Crippen LogP) is 4.05. The summed E-state index contributed by atoms with van der Waals surface area (Å²) < 4.78 is 25.5. The molecule has 0 bridgehead atoms. The fraction of sp³-hybridized carbons (Fsp3) is 0.706. The highest BCUT2D eigenvalue weighted by atomic mass is 32.2. The van der Waals surface area contributed by atoms with Crippen LogP contribution in [0.2, 0.25) is 0 Å². The third-order valence-electron chi connectivity index (χ3n) is 4.16. The maximum absolute atomic E-state index is 12.1. The first kappa shape index (κ1) is 19.4. The number of thiophene rings is 1. The van der Waals surface area contributed by atoms with E-state index in [0.29, 0.717) is 5.92 Å². The highest BCUT2D eigenvalue weighted by Crippen LogP contribution is 2.27. The largest absolute Gasteiger partial charge is 0.444 e. The van der Waals surface area contributed by atoms with Gasteiger partial charge in [-0.15, -0.1) is 11.3 Å². The first-order chi connectivity index (χ1) is 11.2. The van der Waals surface area contributed by atoms with E-state index < -0.39 is 16.7 Å². The molecule has 1 N–H and O–H groups in total. The van der Waals surface area contributed by atoms with Crippen LogP contribution in [0.4, 0.5) is 4.79 Å². The van der Waals surface area contributed by atoms with E-state index in [-0.39, 0.29) is 11.8 Å². The van der Waals surface area contributed by atoms with Gasteiger partial charge in [-0.25, -0.2) is 9.00 Å². The van der Waals surface area contributed by atoms with Crippen molar-refractivity contribution in [2.75, 3.05) is 13.1 Å². The van der Waals surface area contributed by atoms with Crippen LogP contribution in [0.1, 0.15) is 50.5 Å². The fourth-order valence-corrected chi connectivity index (χ4v) is 4.47. The van der Waals surface area contributed by atoms with E-state index in [1.54, 1.807) is 16.2 Å². The van der Waals surface area contributed by atoms with Crippen LogP contribution < -0.4 is 0 Å². The van der Waals surface area contributed by atoms with E-state index in [0.717, 1.165) is 44.3 Å². The number of hydrogen-bond acceptors (Lipinski definition) is 4. The Bertz CT molecular complexity index is 571. The summed E-state index contributed by atoms with van der Waals surface area (Å²) in [6, 6.07) is 1.94. The summed E-state index contributed by atoms with van der Waals surface area (Å²) >= 11 is -0.122. The van der Waals surface area contributed by atoms with Crippen molar-refractivity contribution in [2.24, 2.45) is 5.92 Å². The molecule has 0 aromatic carbocycles. The summed E-state index contributed by atoms with van der Waals surface area (Å²) in [7, 11) is 0. The summed E-state index contributed by atoms with van der Waals surface area (Å²) in [6.45, 7) is 7.15. The fourth-order valence-electron chi connectivity index (χ4n) is 2.91. The molecule has 2 heterocycles. The Morgan fingerprint density at radius 3 is 2.67 bits per heavy atom. The minimum atomic E-state index is -1.78. The van der Waals surface area contributed by atoms with Crippen LogP contribution in [-0.2, 0) is 28.0 Å². The molecule has 7 heteroatoms. The van der Waals surface area contributed by atoms with E-state index in [1.807, 2.05) is 32.2 Å². The maximum Gasteiger partial charge on any atom is 0.410 e. The molecule has 2 rings (SSSR count). The Kier molecular flexibility index (Phi) is 6.83. The van der Waals surface area contributed by atoms with Crippen molar-refractivity contribution in [2.45, 2.75) is 57.8 Å². The van der Waals surface area contributed by atoms with Crippen LogP contribution in [0.25, 0.3) is 0 Å². The molecule has 1 aliphatic rings. The van der Waals surface area contributed by atoms with Crippen molar-refractivity contribution >= 4 is 28.5 Å². The number of carbonyl (C=O) groups excluding carboxylic acids is 1. The summed E-state index contributed by atoms with van der Waals surface area (Å²) in [4.78, 5) is 15.1. The summed E-state index contributed by atoms with van der Waals surface area (Å²) in [5.41, 5.74) is 0.544. The molecule has 24 heavy (non-hydrogen) atoms. The quantitative estimate of drug-likeness (QED) is 0.791. The molecule has 136 valence electrons. The van der Waals surface area contributed by atoms with E-state index in [9.17, 15) is 9.00 Å². The van der Waals surface area contributed by atoms with Crippen molar-refractivity contribution in [1.29, 1.82) is 0 Å². The second-order valence-corrected chi connectivity index (χ2v) is 9.22. The molecule has 1 saturated heterocycles. The molecule has 1 aromatic rings. The summed E-state index contributed by atoms with van der Waals surface area (Å²) in [5.74, 6) is 0.814. The molecule has 1 unspecified atom stereocenters. The molecule has 1 aliphatic heterocycles. The minimum Gasteiger partial charge on any atom is -0.444 e.